The molecule has 0 unspecified atom stereocenters. The molecule has 2 aromatic rings. The van der Waals surface area contributed by atoms with Crippen molar-refractivity contribution in [2.75, 3.05) is 39.4 Å². The third-order valence-corrected chi connectivity index (χ3v) is 4.38. The fourth-order valence-corrected chi connectivity index (χ4v) is 2.95. The number of benzene rings is 1. The summed E-state index contributed by atoms with van der Waals surface area (Å²) in [7, 11) is 0. The molecule has 3 N–H and O–H groups in total. The fraction of sp³-hybridized carbons (Fsp3) is 0.333. The van der Waals surface area contributed by atoms with E-state index in [0.717, 1.165) is 19.2 Å². The summed E-state index contributed by atoms with van der Waals surface area (Å²) in [5, 5.41) is 13.8. The van der Waals surface area contributed by atoms with Gasteiger partial charge in [-0.1, -0.05) is 12.1 Å². The first kappa shape index (κ1) is 19.5. The normalized spacial score (nSPS) is 14.6. The van der Waals surface area contributed by atoms with Crippen molar-refractivity contribution < 1.29 is 23.7 Å². The number of nitrogens with one attached hydrogen (secondary N) is 1. The smallest absolute Gasteiger partial charge is 0.395 e. The van der Waals surface area contributed by atoms with Gasteiger partial charge in [-0.25, -0.2) is 0 Å². The number of morpholine rings is 1. The summed E-state index contributed by atoms with van der Waals surface area (Å²) in [6, 6.07) is 7.51. The molecule has 1 aliphatic rings. The molecule has 10 nitrogen and oxygen atoms in total. The minimum atomic E-state index is -0.927. The average molecular weight is 388 g/mol. The number of hydrogen-bond donors (Lipinski definition) is 2. The molecule has 1 aromatic carbocycles. The Morgan fingerprint density at radius 2 is 2.00 bits per heavy atom. The second-order valence-corrected chi connectivity index (χ2v) is 6.24. The molecule has 1 aliphatic heterocycles. The van der Waals surface area contributed by atoms with E-state index in [9.17, 15) is 19.7 Å². The van der Waals surface area contributed by atoms with Crippen molar-refractivity contribution in [2.24, 2.45) is 5.73 Å². The largest absolute Gasteiger partial charge is 0.434 e. The number of carbonyl (C=O) groups excluding carboxylic acids is 2. The van der Waals surface area contributed by atoms with Gasteiger partial charge in [0.25, 0.3) is 11.8 Å². The lowest BCUT2D eigenvalue weighted by atomic mass is 10.0. The van der Waals surface area contributed by atoms with Crippen molar-refractivity contribution in [1.82, 2.24) is 10.2 Å². The van der Waals surface area contributed by atoms with E-state index in [4.69, 9.17) is 14.9 Å². The van der Waals surface area contributed by atoms with E-state index in [1.165, 1.54) is 6.07 Å². The van der Waals surface area contributed by atoms with E-state index in [2.05, 4.69) is 10.2 Å². The summed E-state index contributed by atoms with van der Waals surface area (Å²) in [5.74, 6) is -2.13. The third kappa shape index (κ3) is 4.53. The van der Waals surface area contributed by atoms with E-state index in [1.807, 2.05) is 0 Å². The van der Waals surface area contributed by atoms with Gasteiger partial charge in [0.15, 0.2) is 0 Å². The summed E-state index contributed by atoms with van der Waals surface area (Å²) in [6.07, 6.45) is 0. The Bertz CT molecular complexity index is 888. The van der Waals surface area contributed by atoms with Crippen LogP contribution in [0.15, 0.2) is 34.7 Å². The highest BCUT2D eigenvalue weighted by Gasteiger charge is 2.24. The standard InChI is InChI=1S/C18H20N4O6/c19-17(23)16-14(11-15(28-16)22(25)26)12-2-1-3-13(10-12)18(24)20-4-5-21-6-8-27-9-7-21/h1-3,10-11H,4-9H2,(H2,19,23)(H,20,24). The SMILES string of the molecule is NC(=O)c1oc([N+](=O)[O-])cc1-c1cccc(C(=O)NCCN2CCOCC2)c1. The molecular formula is C18H20N4O6. The van der Waals surface area contributed by atoms with Gasteiger partial charge >= 0.3 is 5.88 Å². The van der Waals surface area contributed by atoms with Crippen LogP contribution in [0.2, 0.25) is 0 Å². The predicted molar refractivity (Wildman–Crippen MR) is 98.9 cm³/mol. The van der Waals surface area contributed by atoms with Crippen LogP contribution in [0.25, 0.3) is 11.1 Å². The van der Waals surface area contributed by atoms with Gasteiger partial charge in [-0.05, 0) is 17.7 Å². The monoisotopic (exact) mass is 388 g/mol. The Morgan fingerprint density at radius 3 is 2.68 bits per heavy atom. The lowest BCUT2D eigenvalue weighted by molar-refractivity contribution is -0.402. The van der Waals surface area contributed by atoms with Gasteiger partial charge in [0.1, 0.15) is 4.92 Å². The summed E-state index contributed by atoms with van der Waals surface area (Å²) in [6.45, 7) is 4.24. The number of nitrogens with zero attached hydrogens (tertiary/aromatic N) is 2. The number of amides is 2. The topological polar surface area (TPSA) is 141 Å². The first-order valence-corrected chi connectivity index (χ1v) is 8.72. The highest BCUT2D eigenvalue weighted by molar-refractivity contribution is 5.99. The molecule has 1 aromatic heterocycles. The van der Waals surface area contributed by atoms with E-state index in [0.29, 0.717) is 37.4 Å². The number of hydrogen-bond acceptors (Lipinski definition) is 7. The van der Waals surface area contributed by atoms with Crippen LogP contribution in [-0.4, -0.2) is 61.0 Å². The van der Waals surface area contributed by atoms with Crippen LogP contribution < -0.4 is 11.1 Å². The zero-order chi connectivity index (χ0) is 20.1. The highest BCUT2D eigenvalue weighted by atomic mass is 16.6. The van der Waals surface area contributed by atoms with Crippen molar-refractivity contribution in [3.05, 3.63) is 51.8 Å². The zero-order valence-electron chi connectivity index (χ0n) is 15.1. The Kier molecular flexibility index (Phi) is 6.02. The Morgan fingerprint density at radius 1 is 1.25 bits per heavy atom. The molecule has 0 aliphatic carbocycles. The predicted octanol–water partition coefficient (Wildman–Crippen LogP) is 1.02. The van der Waals surface area contributed by atoms with E-state index < -0.39 is 16.7 Å². The van der Waals surface area contributed by atoms with Crippen molar-refractivity contribution >= 4 is 17.7 Å². The first-order valence-electron chi connectivity index (χ1n) is 8.72. The van der Waals surface area contributed by atoms with Crippen molar-refractivity contribution in [2.45, 2.75) is 0 Å². The molecule has 10 heteroatoms. The number of carbonyl (C=O) groups is 2. The Hall–Kier alpha value is -3.24. The average Bonchev–Trinajstić information content (AvgIpc) is 3.15. The molecule has 28 heavy (non-hydrogen) atoms. The van der Waals surface area contributed by atoms with Crippen LogP contribution in [-0.2, 0) is 4.74 Å². The van der Waals surface area contributed by atoms with Gasteiger partial charge in [0.05, 0.1) is 19.3 Å². The van der Waals surface area contributed by atoms with Crippen LogP contribution >= 0.6 is 0 Å². The quantitative estimate of drug-likeness (QED) is 0.533. The first-order chi connectivity index (χ1) is 13.5. The molecule has 2 heterocycles. The number of furan rings is 1. The molecule has 1 saturated heterocycles. The minimum Gasteiger partial charge on any atom is -0.395 e. The molecule has 0 spiro atoms. The molecule has 2 amide bonds. The van der Waals surface area contributed by atoms with Crippen molar-refractivity contribution in [1.29, 1.82) is 0 Å². The summed E-state index contributed by atoms with van der Waals surface area (Å²) >= 11 is 0. The number of nitro groups is 1. The molecule has 0 radical (unpaired) electrons. The van der Waals surface area contributed by atoms with Crippen molar-refractivity contribution in [3.63, 3.8) is 0 Å². The molecule has 0 atom stereocenters. The van der Waals surface area contributed by atoms with Gasteiger partial charge in [0.2, 0.25) is 5.76 Å². The lowest BCUT2D eigenvalue weighted by Gasteiger charge is -2.26. The maximum Gasteiger partial charge on any atom is 0.434 e. The van der Waals surface area contributed by atoms with Gasteiger partial charge in [-0.2, -0.15) is 0 Å². The van der Waals surface area contributed by atoms with E-state index in [-0.39, 0.29) is 17.2 Å². The summed E-state index contributed by atoms with van der Waals surface area (Å²) in [5.41, 5.74) is 6.20. The minimum absolute atomic E-state index is 0.169. The maximum atomic E-state index is 12.4. The van der Waals surface area contributed by atoms with Gasteiger partial charge in [-0.3, -0.25) is 24.6 Å². The summed E-state index contributed by atoms with van der Waals surface area (Å²) < 4.78 is 10.2. The van der Waals surface area contributed by atoms with E-state index in [1.54, 1.807) is 18.2 Å². The van der Waals surface area contributed by atoms with Crippen LogP contribution in [0.5, 0.6) is 0 Å². The molecule has 0 bridgehead atoms. The molecule has 0 saturated carbocycles. The number of ether oxygens (including phenoxy) is 1. The van der Waals surface area contributed by atoms with Crippen LogP contribution in [0, 0.1) is 10.1 Å². The lowest BCUT2D eigenvalue weighted by Crippen LogP contribution is -2.41. The van der Waals surface area contributed by atoms with Crippen LogP contribution in [0.1, 0.15) is 20.9 Å². The molecular weight excluding hydrogens is 368 g/mol. The number of primary amides is 1. The van der Waals surface area contributed by atoms with Crippen LogP contribution in [0.4, 0.5) is 5.88 Å². The van der Waals surface area contributed by atoms with Crippen molar-refractivity contribution in [3.8, 4) is 11.1 Å². The molecule has 3 rings (SSSR count). The summed E-state index contributed by atoms with van der Waals surface area (Å²) in [4.78, 5) is 36.4. The number of rotatable bonds is 7. The second kappa shape index (κ2) is 8.63. The Labute approximate surface area is 160 Å². The third-order valence-electron chi connectivity index (χ3n) is 4.38. The van der Waals surface area contributed by atoms with Gasteiger partial charge in [-0.15, -0.1) is 0 Å². The molecule has 1 fully saturated rings. The van der Waals surface area contributed by atoms with Gasteiger partial charge in [0, 0.05) is 37.3 Å². The second-order valence-electron chi connectivity index (χ2n) is 6.24. The number of nitrogens with two attached hydrogens (primary N) is 1. The van der Waals surface area contributed by atoms with E-state index >= 15 is 0 Å². The van der Waals surface area contributed by atoms with Crippen LogP contribution in [0.3, 0.4) is 0 Å². The highest BCUT2D eigenvalue weighted by Crippen LogP contribution is 2.31. The Balaban J connectivity index is 1.72. The fourth-order valence-electron chi connectivity index (χ4n) is 2.95. The van der Waals surface area contributed by atoms with Gasteiger partial charge < -0.3 is 20.2 Å². The zero-order valence-corrected chi connectivity index (χ0v) is 15.1. The molecule has 148 valence electrons. The maximum absolute atomic E-state index is 12.4.